The third kappa shape index (κ3) is 4.77. The number of allylic oxidation sites excluding steroid dienone is 9. The number of nitrogens with zero attached hydrogens (tertiary/aromatic N) is 4. The van der Waals surface area contributed by atoms with Crippen LogP contribution in [-0.4, -0.2) is 25.6 Å². The molecular weight excluding hydrogens is 697 g/mol. The predicted octanol–water partition coefficient (Wildman–Crippen LogP) is 11.0. The van der Waals surface area contributed by atoms with Crippen molar-refractivity contribution in [1.29, 1.82) is 0 Å². The number of benzene rings is 4. The normalized spacial score (nSPS) is 19.0. The first-order valence-electron chi connectivity index (χ1n) is 19.7. The highest BCUT2D eigenvalue weighted by Gasteiger charge is 2.49. The van der Waals surface area contributed by atoms with E-state index in [0.717, 1.165) is 51.9 Å². The number of hydrogen-bond acceptors (Lipinski definition) is 4. The molecule has 57 heavy (non-hydrogen) atoms. The van der Waals surface area contributed by atoms with Gasteiger partial charge in [-0.05, 0) is 95.3 Å². The third-order valence-electron chi connectivity index (χ3n) is 12.2. The van der Waals surface area contributed by atoms with E-state index in [-0.39, 0.29) is 6.04 Å². The molecule has 0 spiro atoms. The molecule has 274 valence electrons. The van der Waals surface area contributed by atoms with Crippen molar-refractivity contribution < 1.29 is 0 Å². The summed E-state index contributed by atoms with van der Waals surface area (Å²) in [5.41, 5.74) is 21.7. The Morgan fingerprint density at radius 3 is 2.32 bits per heavy atom. The molecule has 5 heterocycles. The van der Waals surface area contributed by atoms with Gasteiger partial charge in [0.05, 0.1) is 22.6 Å². The van der Waals surface area contributed by atoms with Crippen molar-refractivity contribution in [3.8, 4) is 16.8 Å². The molecule has 2 atom stereocenters. The standard InChI is InChI=1S/C51H40N6/c1-2-3-14-47(52)51(48-15-8-9-28-55-48)41-12-6-4-10-37(41)49-42(51)24-25-46-50(49)38-11-5-7-13-43(38)57(46)36-22-18-34(19-23-36)33-16-20-35(21-17-33)56-44-26-29-53-31-39(44)40-32-54-30-27-45(40)56/h2-22,24-27,29-32,36,55H,23,28,52H2,1H3/b3-2-,47-14-/t36-,51?/m0/s1. The Balaban J connectivity index is 1.01. The molecule has 0 fully saturated rings. The molecule has 3 N–H and O–H groups in total. The average Bonchev–Trinajstić information content (AvgIpc) is 3.90. The number of aromatic nitrogens is 4. The lowest BCUT2D eigenvalue weighted by Crippen LogP contribution is -2.41. The van der Waals surface area contributed by atoms with Crippen LogP contribution in [0.2, 0.25) is 0 Å². The van der Waals surface area contributed by atoms with Crippen LogP contribution in [-0.2, 0) is 5.41 Å². The average molecular weight is 737 g/mol. The summed E-state index contributed by atoms with van der Waals surface area (Å²) < 4.78 is 4.85. The van der Waals surface area contributed by atoms with Gasteiger partial charge in [-0.25, -0.2) is 0 Å². The highest BCUT2D eigenvalue weighted by molar-refractivity contribution is 6.18. The lowest BCUT2D eigenvalue weighted by atomic mass is 9.71. The highest BCUT2D eigenvalue weighted by Crippen LogP contribution is 2.58. The van der Waals surface area contributed by atoms with Gasteiger partial charge in [0.15, 0.2) is 0 Å². The van der Waals surface area contributed by atoms with Crippen LogP contribution in [0.3, 0.4) is 0 Å². The molecule has 6 nitrogen and oxygen atoms in total. The van der Waals surface area contributed by atoms with Crippen molar-refractivity contribution >= 4 is 49.2 Å². The number of rotatable bonds is 6. The minimum atomic E-state index is -0.651. The largest absolute Gasteiger partial charge is 0.401 e. The van der Waals surface area contributed by atoms with Crippen LogP contribution in [0, 0.1) is 0 Å². The van der Waals surface area contributed by atoms with Crippen LogP contribution >= 0.6 is 0 Å². The SMILES string of the molecule is C/C=C\C=C(/N)C1(C2=CC=CCN2)c2ccccc2-c2c1ccc1c2c2ccccc2n1[C@H]1C=CC(c2ccc(-n3c4ccncc4c4cnccc43)cc2)=CC1. The first-order valence-corrected chi connectivity index (χ1v) is 19.7. The molecule has 8 aromatic rings. The molecule has 1 unspecified atom stereocenters. The monoisotopic (exact) mass is 736 g/mol. The maximum atomic E-state index is 7.26. The summed E-state index contributed by atoms with van der Waals surface area (Å²) in [7, 11) is 0. The van der Waals surface area contributed by atoms with Gasteiger partial charge in [-0.1, -0.05) is 103 Å². The van der Waals surface area contributed by atoms with Crippen molar-refractivity contribution in [1.82, 2.24) is 24.4 Å². The Morgan fingerprint density at radius 2 is 1.58 bits per heavy atom. The molecule has 2 aliphatic carbocycles. The zero-order valence-corrected chi connectivity index (χ0v) is 31.6. The summed E-state index contributed by atoms with van der Waals surface area (Å²) in [6.45, 7) is 2.79. The molecule has 0 bridgehead atoms. The van der Waals surface area contributed by atoms with E-state index < -0.39 is 5.41 Å². The van der Waals surface area contributed by atoms with Gasteiger partial charge in [0.2, 0.25) is 0 Å². The summed E-state index contributed by atoms with van der Waals surface area (Å²) in [4.78, 5) is 8.79. The number of nitrogens with one attached hydrogen (secondary N) is 1. The fraction of sp³-hybridized carbons (Fsp3) is 0.0980. The molecule has 0 radical (unpaired) electrons. The fourth-order valence-corrected chi connectivity index (χ4v) is 9.82. The topological polar surface area (TPSA) is 73.7 Å². The molecule has 4 aromatic carbocycles. The van der Waals surface area contributed by atoms with Crippen LogP contribution in [0.25, 0.3) is 66.0 Å². The molecule has 6 heteroatoms. The summed E-state index contributed by atoms with van der Waals surface area (Å²) >= 11 is 0. The second-order valence-electron chi connectivity index (χ2n) is 15.1. The molecule has 0 saturated carbocycles. The number of pyridine rings is 2. The number of fused-ring (bicyclic) bond motifs is 10. The second kappa shape index (κ2) is 13.0. The van der Waals surface area contributed by atoms with E-state index in [1.807, 2.05) is 37.8 Å². The van der Waals surface area contributed by atoms with Crippen LogP contribution in [0.15, 0.2) is 188 Å². The van der Waals surface area contributed by atoms with Gasteiger partial charge in [0, 0.05) is 75.5 Å². The Morgan fingerprint density at radius 1 is 0.807 bits per heavy atom. The quantitative estimate of drug-likeness (QED) is 0.167. The zero-order valence-electron chi connectivity index (χ0n) is 31.6. The van der Waals surface area contributed by atoms with E-state index >= 15 is 0 Å². The van der Waals surface area contributed by atoms with E-state index in [1.165, 1.54) is 55.2 Å². The van der Waals surface area contributed by atoms with Gasteiger partial charge >= 0.3 is 0 Å². The van der Waals surface area contributed by atoms with E-state index in [1.54, 1.807) is 0 Å². The molecule has 3 aliphatic rings. The van der Waals surface area contributed by atoms with Gasteiger partial charge in [-0.2, -0.15) is 0 Å². The fourth-order valence-electron chi connectivity index (χ4n) is 9.82. The first kappa shape index (κ1) is 33.2. The van der Waals surface area contributed by atoms with E-state index in [4.69, 9.17) is 5.73 Å². The van der Waals surface area contributed by atoms with Gasteiger partial charge in [0.25, 0.3) is 0 Å². The van der Waals surface area contributed by atoms with Crippen LogP contribution in [0.4, 0.5) is 0 Å². The summed E-state index contributed by atoms with van der Waals surface area (Å²) in [6, 6.07) is 35.6. The van der Waals surface area contributed by atoms with Crippen LogP contribution in [0.5, 0.6) is 0 Å². The minimum absolute atomic E-state index is 0.155. The van der Waals surface area contributed by atoms with Crippen molar-refractivity contribution in [2.75, 3.05) is 6.54 Å². The Bertz CT molecular complexity index is 3070. The van der Waals surface area contributed by atoms with Gasteiger partial charge in [-0.15, -0.1) is 0 Å². The number of para-hydroxylation sites is 1. The molecule has 11 rings (SSSR count). The minimum Gasteiger partial charge on any atom is -0.401 e. The lowest BCUT2D eigenvalue weighted by molar-refractivity contribution is 0.640. The summed E-state index contributed by atoms with van der Waals surface area (Å²) in [5.74, 6) is 0. The van der Waals surface area contributed by atoms with Gasteiger partial charge in [-0.3, -0.25) is 9.97 Å². The molecular formula is C51H40N6. The Kier molecular flexibility index (Phi) is 7.54. The summed E-state index contributed by atoms with van der Waals surface area (Å²) in [5, 5.41) is 8.47. The van der Waals surface area contributed by atoms with Crippen molar-refractivity contribution in [2.45, 2.75) is 24.8 Å². The van der Waals surface area contributed by atoms with Crippen LogP contribution < -0.4 is 11.1 Å². The third-order valence-corrected chi connectivity index (χ3v) is 12.2. The van der Waals surface area contributed by atoms with Crippen molar-refractivity contribution in [3.63, 3.8) is 0 Å². The smallest absolute Gasteiger partial charge is 0.100 e. The second-order valence-corrected chi connectivity index (χ2v) is 15.1. The van der Waals surface area contributed by atoms with Gasteiger partial charge < -0.3 is 20.2 Å². The van der Waals surface area contributed by atoms with Crippen molar-refractivity contribution in [3.05, 3.63) is 205 Å². The van der Waals surface area contributed by atoms with Crippen molar-refractivity contribution in [2.24, 2.45) is 5.73 Å². The molecule has 4 aromatic heterocycles. The highest BCUT2D eigenvalue weighted by atomic mass is 15.0. The number of dihydropyridines is 1. The van der Waals surface area contributed by atoms with E-state index in [9.17, 15) is 0 Å². The first-order chi connectivity index (χ1) is 28.2. The molecule has 1 aliphatic heterocycles. The molecule has 0 saturated heterocycles. The lowest BCUT2D eigenvalue weighted by Gasteiger charge is -2.36. The summed E-state index contributed by atoms with van der Waals surface area (Å²) in [6.07, 6.45) is 28.2. The maximum absolute atomic E-state index is 7.26. The number of nitrogens with two attached hydrogens (primary N) is 1. The number of hydrogen-bond donors (Lipinski definition) is 2. The van der Waals surface area contributed by atoms with Gasteiger partial charge in [0.1, 0.15) is 5.41 Å². The van der Waals surface area contributed by atoms with Crippen LogP contribution in [0.1, 0.15) is 36.1 Å². The molecule has 0 amide bonds. The maximum Gasteiger partial charge on any atom is 0.100 e. The van der Waals surface area contributed by atoms with E-state index in [2.05, 4.69) is 170 Å². The zero-order chi connectivity index (χ0) is 38.1. The van der Waals surface area contributed by atoms with E-state index in [0.29, 0.717) is 0 Å². The Hall–Kier alpha value is -7.18. The Labute approximate surface area is 331 Å². The predicted molar refractivity (Wildman–Crippen MR) is 235 cm³/mol.